The number of benzene rings is 1. The fourth-order valence-electron chi connectivity index (χ4n) is 1.70. The highest BCUT2D eigenvalue weighted by Gasteiger charge is 2.22. The van der Waals surface area contributed by atoms with E-state index in [-0.39, 0.29) is 4.83 Å². The number of ether oxygens (including phenoxy) is 1. The number of aryl methyl sites for hydroxylation is 1. The highest BCUT2D eigenvalue weighted by atomic mass is 79.9. The Morgan fingerprint density at radius 1 is 1.44 bits per heavy atom. The average Bonchev–Trinajstić information content (AvgIpc) is 2.24. The topological polar surface area (TPSA) is 29.5 Å². The molecule has 2 atom stereocenters. The fourth-order valence-corrected chi connectivity index (χ4v) is 2.12. The summed E-state index contributed by atoms with van der Waals surface area (Å²) in [6.45, 7) is 5.70. The van der Waals surface area contributed by atoms with E-state index in [0.717, 1.165) is 16.7 Å². The summed E-state index contributed by atoms with van der Waals surface area (Å²) < 4.78 is 5.29. The molecule has 0 amide bonds. The van der Waals surface area contributed by atoms with E-state index in [1.54, 1.807) is 7.11 Å². The summed E-state index contributed by atoms with van der Waals surface area (Å²) in [6.07, 6.45) is -0.631. The first-order chi connectivity index (χ1) is 7.40. The molecule has 0 aliphatic heterocycles. The van der Waals surface area contributed by atoms with Gasteiger partial charge >= 0.3 is 0 Å². The van der Waals surface area contributed by atoms with Gasteiger partial charge in [-0.15, -0.1) is 0 Å². The van der Waals surface area contributed by atoms with Crippen LogP contribution in [0.5, 0.6) is 5.75 Å². The van der Waals surface area contributed by atoms with Crippen molar-refractivity contribution >= 4 is 27.5 Å². The number of aliphatic hydroxyl groups excluding tert-OH is 1. The molecule has 1 aromatic rings. The van der Waals surface area contributed by atoms with E-state index in [9.17, 15) is 5.11 Å². The normalized spacial score (nSPS) is 14.7. The van der Waals surface area contributed by atoms with Crippen molar-refractivity contribution in [2.24, 2.45) is 0 Å². The molecule has 0 heterocycles. The van der Waals surface area contributed by atoms with Gasteiger partial charge in [-0.2, -0.15) is 0 Å². The number of hydrogen-bond acceptors (Lipinski definition) is 2. The maximum absolute atomic E-state index is 10.1. The second kappa shape index (κ2) is 5.39. The largest absolute Gasteiger partial charge is 0.496 e. The first kappa shape index (κ1) is 13.8. The van der Waals surface area contributed by atoms with Gasteiger partial charge in [-0.1, -0.05) is 27.5 Å². The Hall–Kier alpha value is -0.250. The third-order valence-electron chi connectivity index (χ3n) is 2.64. The molecule has 0 aliphatic rings. The zero-order valence-corrected chi connectivity index (χ0v) is 12.2. The molecule has 0 aromatic heterocycles. The van der Waals surface area contributed by atoms with E-state index >= 15 is 0 Å². The van der Waals surface area contributed by atoms with Crippen molar-refractivity contribution in [3.8, 4) is 5.75 Å². The average molecular weight is 308 g/mol. The summed E-state index contributed by atoms with van der Waals surface area (Å²) in [5, 5.41) is 10.8. The maximum atomic E-state index is 10.1. The lowest BCUT2D eigenvalue weighted by molar-refractivity contribution is 0.176. The molecule has 0 radical (unpaired) electrons. The smallest absolute Gasteiger partial charge is 0.125 e. The first-order valence-corrected chi connectivity index (χ1v) is 6.35. The van der Waals surface area contributed by atoms with Gasteiger partial charge in [0.1, 0.15) is 5.75 Å². The summed E-state index contributed by atoms with van der Waals surface area (Å²) in [5.74, 6) is 0.679. The molecule has 1 N–H and O–H groups in total. The van der Waals surface area contributed by atoms with E-state index in [0.29, 0.717) is 10.8 Å². The molecule has 2 nitrogen and oxygen atoms in total. The van der Waals surface area contributed by atoms with Crippen LogP contribution >= 0.6 is 27.5 Å². The van der Waals surface area contributed by atoms with Gasteiger partial charge in [-0.3, -0.25) is 0 Å². The van der Waals surface area contributed by atoms with Crippen LogP contribution in [0.1, 0.15) is 29.7 Å². The van der Waals surface area contributed by atoms with E-state index in [1.807, 2.05) is 26.8 Å². The summed E-state index contributed by atoms with van der Waals surface area (Å²) in [4.78, 5) is -0.0566. The number of aliphatic hydroxyl groups is 1. The molecule has 0 spiro atoms. The lowest BCUT2D eigenvalue weighted by Crippen LogP contribution is -2.11. The van der Waals surface area contributed by atoms with Crippen LogP contribution in [-0.4, -0.2) is 17.0 Å². The van der Waals surface area contributed by atoms with Gasteiger partial charge in [-0.25, -0.2) is 0 Å². The molecule has 1 aromatic carbocycles. The van der Waals surface area contributed by atoms with Gasteiger partial charge < -0.3 is 9.84 Å². The van der Waals surface area contributed by atoms with Crippen molar-refractivity contribution in [3.05, 3.63) is 27.8 Å². The molecule has 0 fully saturated rings. The van der Waals surface area contributed by atoms with Gasteiger partial charge in [0.25, 0.3) is 0 Å². The number of methoxy groups -OCH3 is 1. The minimum Gasteiger partial charge on any atom is -0.496 e. The van der Waals surface area contributed by atoms with Gasteiger partial charge in [-0.05, 0) is 38.0 Å². The zero-order valence-electron chi connectivity index (χ0n) is 9.84. The molecule has 0 saturated carbocycles. The summed E-state index contributed by atoms with van der Waals surface area (Å²) in [7, 11) is 1.59. The van der Waals surface area contributed by atoms with Crippen molar-refractivity contribution in [1.82, 2.24) is 0 Å². The van der Waals surface area contributed by atoms with Crippen LogP contribution in [0, 0.1) is 13.8 Å². The minimum atomic E-state index is -0.631. The van der Waals surface area contributed by atoms with E-state index < -0.39 is 6.10 Å². The minimum absolute atomic E-state index is 0.0566. The third-order valence-corrected chi connectivity index (χ3v) is 3.73. The predicted octanol–water partition coefficient (Wildman–Crippen LogP) is 3.78. The lowest BCUT2D eigenvalue weighted by atomic mass is 9.98. The highest BCUT2D eigenvalue weighted by Crippen LogP contribution is 2.37. The van der Waals surface area contributed by atoms with Crippen LogP contribution in [-0.2, 0) is 0 Å². The SMILES string of the molecule is COc1cc(C)c(Cl)c(C)c1C(O)C(C)Br. The van der Waals surface area contributed by atoms with Crippen molar-refractivity contribution in [2.45, 2.75) is 31.7 Å². The molecular formula is C12H16BrClO2. The second-order valence-electron chi connectivity index (χ2n) is 3.87. The molecular weight excluding hydrogens is 291 g/mol. The van der Waals surface area contributed by atoms with Crippen molar-refractivity contribution in [2.75, 3.05) is 7.11 Å². The van der Waals surface area contributed by atoms with Crippen molar-refractivity contribution in [3.63, 3.8) is 0 Å². The lowest BCUT2D eigenvalue weighted by Gasteiger charge is -2.21. The van der Waals surface area contributed by atoms with E-state index in [2.05, 4.69) is 15.9 Å². The van der Waals surface area contributed by atoms with Crippen LogP contribution in [0.3, 0.4) is 0 Å². The van der Waals surface area contributed by atoms with Crippen LogP contribution in [0.2, 0.25) is 5.02 Å². The number of halogens is 2. The Kier molecular flexibility index (Phi) is 4.65. The number of rotatable bonds is 3. The van der Waals surface area contributed by atoms with Crippen LogP contribution in [0.15, 0.2) is 6.07 Å². The molecule has 4 heteroatoms. The van der Waals surface area contributed by atoms with Gasteiger partial charge in [0.15, 0.2) is 0 Å². The Morgan fingerprint density at radius 3 is 2.44 bits per heavy atom. The summed E-state index contributed by atoms with van der Waals surface area (Å²) in [6, 6.07) is 1.85. The molecule has 0 bridgehead atoms. The zero-order chi connectivity index (χ0) is 12.5. The summed E-state index contributed by atoms with van der Waals surface area (Å²) in [5.41, 5.74) is 2.58. The fraction of sp³-hybridized carbons (Fsp3) is 0.500. The van der Waals surface area contributed by atoms with Crippen LogP contribution in [0.25, 0.3) is 0 Å². The quantitative estimate of drug-likeness (QED) is 0.861. The Bertz CT molecular complexity index is 391. The molecule has 90 valence electrons. The standard InChI is InChI=1S/C12H16BrClO2/c1-6-5-9(16-4)10(7(2)11(6)14)12(15)8(3)13/h5,8,12,15H,1-4H3. The molecule has 1 rings (SSSR count). The van der Waals surface area contributed by atoms with Crippen LogP contribution < -0.4 is 4.74 Å². The maximum Gasteiger partial charge on any atom is 0.125 e. The number of alkyl halides is 1. The highest BCUT2D eigenvalue weighted by molar-refractivity contribution is 9.09. The molecule has 0 saturated heterocycles. The molecule has 2 unspecified atom stereocenters. The van der Waals surface area contributed by atoms with E-state index in [1.165, 1.54) is 0 Å². The first-order valence-electron chi connectivity index (χ1n) is 5.05. The van der Waals surface area contributed by atoms with E-state index in [4.69, 9.17) is 16.3 Å². The van der Waals surface area contributed by atoms with Crippen LogP contribution in [0.4, 0.5) is 0 Å². The second-order valence-corrected chi connectivity index (χ2v) is 5.69. The predicted molar refractivity (Wildman–Crippen MR) is 70.8 cm³/mol. The third kappa shape index (κ3) is 2.53. The Labute approximate surface area is 110 Å². The number of hydrogen-bond donors (Lipinski definition) is 1. The molecule has 0 aliphatic carbocycles. The van der Waals surface area contributed by atoms with Gasteiger partial charge in [0.05, 0.1) is 13.2 Å². The van der Waals surface area contributed by atoms with Gasteiger partial charge in [0.2, 0.25) is 0 Å². The molecule has 16 heavy (non-hydrogen) atoms. The van der Waals surface area contributed by atoms with Gasteiger partial charge in [0, 0.05) is 15.4 Å². The Morgan fingerprint density at radius 2 is 2.00 bits per heavy atom. The monoisotopic (exact) mass is 306 g/mol. The van der Waals surface area contributed by atoms with Crippen molar-refractivity contribution in [1.29, 1.82) is 0 Å². The Balaban J connectivity index is 3.41. The summed E-state index contributed by atoms with van der Waals surface area (Å²) >= 11 is 9.55. The van der Waals surface area contributed by atoms with Crippen molar-refractivity contribution < 1.29 is 9.84 Å².